The molecule has 0 N–H and O–H groups in total. The number of hydrogen-bond acceptors (Lipinski definition) is 5. The molecule has 0 aliphatic carbocycles. The average molecular weight is 246 g/mol. The Morgan fingerprint density at radius 2 is 2.19 bits per heavy atom. The Morgan fingerprint density at radius 1 is 1.56 bits per heavy atom. The number of aromatic nitrogens is 2. The minimum absolute atomic E-state index is 0.0543. The first kappa shape index (κ1) is 12.6. The molecule has 0 saturated carbocycles. The van der Waals surface area contributed by atoms with Crippen molar-refractivity contribution in [1.82, 2.24) is 9.97 Å². The Labute approximate surface area is 97.8 Å². The molecule has 0 radical (unpaired) electrons. The molecule has 1 rings (SSSR count). The summed E-state index contributed by atoms with van der Waals surface area (Å²) in [5.74, 6) is -0.0724. The Hall–Kier alpha value is -1.43. The number of ether oxygens (including phenoxy) is 1. The molecule has 6 nitrogen and oxygen atoms in total. The maximum Gasteiger partial charge on any atom is 0.352 e. The third kappa shape index (κ3) is 2.79. The summed E-state index contributed by atoms with van der Waals surface area (Å²) in [6.45, 7) is 5.20. The van der Waals surface area contributed by atoms with Gasteiger partial charge in [-0.15, -0.1) is 0 Å². The highest BCUT2D eigenvalue weighted by molar-refractivity contribution is 6.28. The van der Waals surface area contributed by atoms with Crippen LogP contribution in [-0.4, -0.2) is 21.0 Å². The van der Waals surface area contributed by atoms with E-state index in [-0.39, 0.29) is 28.6 Å². The van der Waals surface area contributed by atoms with Gasteiger partial charge in [-0.05, 0) is 31.9 Å². The standard InChI is InChI=1S/C9H12ClN3O3/c1-4-5(2)16-8-7(13(14)15)6(3)11-9(10)12-8/h5H,4H2,1-3H3. The summed E-state index contributed by atoms with van der Waals surface area (Å²) in [5.41, 5.74) is -0.0343. The van der Waals surface area contributed by atoms with Gasteiger partial charge in [-0.3, -0.25) is 10.1 Å². The highest BCUT2D eigenvalue weighted by Gasteiger charge is 2.24. The van der Waals surface area contributed by atoms with E-state index in [2.05, 4.69) is 9.97 Å². The van der Waals surface area contributed by atoms with Crippen LogP contribution in [0.15, 0.2) is 0 Å². The summed E-state index contributed by atoms with van der Waals surface area (Å²) in [6, 6.07) is 0. The number of rotatable bonds is 4. The first-order chi connectivity index (χ1) is 7.45. The van der Waals surface area contributed by atoms with Gasteiger partial charge in [0, 0.05) is 0 Å². The molecule has 0 aromatic carbocycles. The molecule has 88 valence electrons. The van der Waals surface area contributed by atoms with Crippen molar-refractivity contribution >= 4 is 17.3 Å². The molecule has 7 heteroatoms. The van der Waals surface area contributed by atoms with Crippen LogP contribution in [0.25, 0.3) is 0 Å². The minimum Gasteiger partial charge on any atom is -0.470 e. The van der Waals surface area contributed by atoms with Crippen molar-refractivity contribution in [3.05, 3.63) is 21.1 Å². The molecule has 0 fully saturated rings. The summed E-state index contributed by atoms with van der Waals surface area (Å²) in [7, 11) is 0. The van der Waals surface area contributed by atoms with Crippen LogP contribution < -0.4 is 4.74 Å². The van der Waals surface area contributed by atoms with Crippen LogP contribution in [0.4, 0.5) is 5.69 Å². The fourth-order valence-electron chi connectivity index (χ4n) is 1.07. The van der Waals surface area contributed by atoms with Gasteiger partial charge in [-0.25, -0.2) is 4.98 Å². The second-order valence-electron chi connectivity index (χ2n) is 3.33. The van der Waals surface area contributed by atoms with E-state index in [1.807, 2.05) is 6.92 Å². The van der Waals surface area contributed by atoms with Gasteiger partial charge in [0.2, 0.25) is 5.28 Å². The van der Waals surface area contributed by atoms with Crippen molar-refractivity contribution in [3.63, 3.8) is 0 Å². The summed E-state index contributed by atoms with van der Waals surface area (Å²) in [6.07, 6.45) is 0.557. The van der Waals surface area contributed by atoms with E-state index in [0.29, 0.717) is 0 Å². The van der Waals surface area contributed by atoms with Gasteiger partial charge >= 0.3 is 5.69 Å². The van der Waals surface area contributed by atoms with E-state index in [0.717, 1.165) is 6.42 Å². The molecule has 0 bridgehead atoms. The maximum atomic E-state index is 10.8. The van der Waals surface area contributed by atoms with Crippen molar-refractivity contribution in [3.8, 4) is 5.88 Å². The molecule has 1 atom stereocenters. The van der Waals surface area contributed by atoms with Crippen LogP contribution in [0.5, 0.6) is 5.88 Å². The minimum atomic E-state index is -0.566. The number of aryl methyl sites for hydroxylation is 1. The third-order valence-corrected chi connectivity index (χ3v) is 2.24. The normalized spacial score (nSPS) is 12.2. The maximum absolute atomic E-state index is 10.8. The lowest BCUT2D eigenvalue weighted by Crippen LogP contribution is -2.13. The smallest absolute Gasteiger partial charge is 0.352 e. The monoisotopic (exact) mass is 245 g/mol. The summed E-state index contributed by atoms with van der Waals surface area (Å²) in [5, 5.41) is 10.8. The molecule has 0 aliphatic heterocycles. The van der Waals surface area contributed by atoms with Crippen molar-refractivity contribution in [2.24, 2.45) is 0 Å². The van der Waals surface area contributed by atoms with Crippen molar-refractivity contribution in [2.45, 2.75) is 33.3 Å². The van der Waals surface area contributed by atoms with Gasteiger partial charge in [0.1, 0.15) is 5.69 Å². The predicted octanol–water partition coefficient (Wildman–Crippen LogP) is 2.52. The van der Waals surface area contributed by atoms with Crippen LogP contribution in [-0.2, 0) is 0 Å². The molecule has 0 spiro atoms. The van der Waals surface area contributed by atoms with Crippen molar-refractivity contribution in [2.75, 3.05) is 0 Å². The van der Waals surface area contributed by atoms with E-state index < -0.39 is 4.92 Å². The zero-order chi connectivity index (χ0) is 12.3. The zero-order valence-electron chi connectivity index (χ0n) is 9.23. The zero-order valence-corrected chi connectivity index (χ0v) is 9.98. The second-order valence-corrected chi connectivity index (χ2v) is 3.66. The molecule has 1 unspecified atom stereocenters. The van der Waals surface area contributed by atoms with Crippen LogP contribution in [0, 0.1) is 17.0 Å². The van der Waals surface area contributed by atoms with Gasteiger partial charge < -0.3 is 4.74 Å². The SMILES string of the molecule is CCC(C)Oc1nc(Cl)nc(C)c1[N+](=O)[O-]. The average Bonchev–Trinajstić information content (AvgIpc) is 2.15. The second kappa shape index (κ2) is 5.07. The van der Waals surface area contributed by atoms with Crippen LogP contribution in [0.3, 0.4) is 0 Å². The lowest BCUT2D eigenvalue weighted by atomic mass is 10.3. The Morgan fingerprint density at radius 3 is 2.69 bits per heavy atom. The molecule has 0 saturated heterocycles. The molecular formula is C9H12ClN3O3. The summed E-state index contributed by atoms with van der Waals surface area (Å²) < 4.78 is 5.34. The van der Waals surface area contributed by atoms with Gasteiger partial charge in [0.15, 0.2) is 0 Å². The molecular weight excluding hydrogens is 234 g/mol. The van der Waals surface area contributed by atoms with Crippen LogP contribution in [0.2, 0.25) is 5.28 Å². The van der Waals surface area contributed by atoms with E-state index in [4.69, 9.17) is 16.3 Å². The Bertz CT molecular complexity index is 411. The first-order valence-corrected chi connectivity index (χ1v) is 5.18. The lowest BCUT2D eigenvalue weighted by Gasteiger charge is -2.12. The number of nitro groups is 1. The molecule has 1 heterocycles. The Kier molecular flexibility index (Phi) is 4.00. The van der Waals surface area contributed by atoms with Gasteiger partial charge in [0.25, 0.3) is 5.88 Å². The van der Waals surface area contributed by atoms with E-state index in [1.54, 1.807) is 6.92 Å². The molecule has 0 amide bonds. The fourth-order valence-corrected chi connectivity index (χ4v) is 1.28. The van der Waals surface area contributed by atoms with E-state index >= 15 is 0 Å². The van der Waals surface area contributed by atoms with Gasteiger partial charge in [-0.2, -0.15) is 4.98 Å². The topological polar surface area (TPSA) is 78.2 Å². The Balaban J connectivity index is 3.19. The largest absolute Gasteiger partial charge is 0.470 e. The predicted molar refractivity (Wildman–Crippen MR) is 58.8 cm³/mol. The lowest BCUT2D eigenvalue weighted by molar-refractivity contribution is -0.387. The summed E-state index contributed by atoms with van der Waals surface area (Å²) in [4.78, 5) is 17.7. The fraction of sp³-hybridized carbons (Fsp3) is 0.556. The van der Waals surface area contributed by atoms with Crippen LogP contribution in [0.1, 0.15) is 26.0 Å². The van der Waals surface area contributed by atoms with Gasteiger partial charge in [0.05, 0.1) is 11.0 Å². The van der Waals surface area contributed by atoms with E-state index in [1.165, 1.54) is 6.92 Å². The molecule has 1 aromatic heterocycles. The number of hydrogen-bond donors (Lipinski definition) is 0. The number of nitrogens with zero attached hydrogens (tertiary/aromatic N) is 3. The first-order valence-electron chi connectivity index (χ1n) is 4.80. The summed E-state index contributed by atoms with van der Waals surface area (Å²) >= 11 is 5.63. The molecule has 0 aliphatic rings. The third-order valence-electron chi connectivity index (χ3n) is 2.07. The van der Waals surface area contributed by atoms with Crippen molar-refractivity contribution in [1.29, 1.82) is 0 Å². The van der Waals surface area contributed by atoms with Crippen LogP contribution >= 0.6 is 11.6 Å². The van der Waals surface area contributed by atoms with Gasteiger partial charge in [-0.1, -0.05) is 6.92 Å². The number of halogens is 1. The highest BCUT2D eigenvalue weighted by Crippen LogP contribution is 2.29. The quantitative estimate of drug-likeness (QED) is 0.463. The van der Waals surface area contributed by atoms with Crippen molar-refractivity contribution < 1.29 is 9.66 Å². The molecule has 1 aromatic rings. The van der Waals surface area contributed by atoms with E-state index in [9.17, 15) is 10.1 Å². The highest BCUT2D eigenvalue weighted by atomic mass is 35.5. The molecule has 16 heavy (non-hydrogen) atoms.